The van der Waals surface area contributed by atoms with Crippen LogP contribution in [0.2, 0.25) is 0 Å². The van der Waals surface area contributed by atoms with Crippen LogP contribution in [0.3, 0.4) is 0 Å². The van der Waals surface area contributed by atoms with Crippen molar-refractivity contribution in [3.8, 4) is 17.7 Å². The molecular formula is C10H10BrNO. The first-order valence-electron chi connectivity index (χ1n) is 3.83. The molecule has 0 unspecified atom stereocenters. The molecule has 0 aliphatic carbocycles. The van der Waals surface area contributed by atoms with Crippen LogP contribution < -0.4 is 4.74 Å². The molecule has 0 aliphatic heterocycles. The lowest BCUT2D eigenvalue weighted by Gasteiger charge is -2.00. The van der Waals surface area contributed by atoms with E-state index in [0.29, 0.717) is 11.2 Å². The Kier molecular flexibility index (Phi) is 3.78. The zero-order valence-electron chi connectivity index (χ0n) is 7.60. The van der Waals surface area contributed by atoms with E-state index in [1.54, 1.807) is 13.3 Å². The summed E-state index contributed by atoms with van der Waals surface area (Å²) in [6.45, 7) is 1.99. The van der Waals surface area contributed by atoms with Crippen molar-refractivity contribution in [3.05, 3.63) is 23.4 Å². The van der Waals surface area contributed by atoms with Gasteiger partial charge in [-0.05, 0) is 12.5 Å². The maximum Gasteiger partial charge on any atom is 0.213 e. The van der Waals surface area contributed by atoms with Crippen LogP contribution >= 0.6 is 15.9 Å². The normalized spacial score (nSPS) is 8.85. The van der Waals surface area contributed by atoms with E-state index >= 15 is 0 Å². The van der Waals surface area contributed by atoms with Crippen molar-refractivity contribution in [1.29, 1.82) is 0 Å². The van der Waals surface area contributed by atoms with Gasteiger partial charge in [-0.3, -0.25) is 0 Å². The predicted octanol–water partition coefficient (Wildman–Crippen LogP) is 2.15. The summed E-state index contributed by atoms with van der Waals surface area (Å²) in [6, 6.07) is 1.87. The van der Waals surface area contributed by atoms with Gasteiger partial charge in [-0.1, -0.05) is 27.8 Å². The highest BCUT2D eigenvalue weighted by molar-refractivity contribution is 9.09. The molecule has 0 amide bonds. The van der Waals surface area contributed by atoms with Crippen LogP contribution in [0, 0.1) is 18.8 Å². The third kappa shape index (κ3) is 2.74. The van der Waals surface area contributed by atoms with Crippen LogP contribution in [0.25, 0.3) is 0 Å². The summed E-state index contributed by atoms with van der Waals surface area (Å²) in [5.41, 5.74) is 2.03. The zero-order chi connectivity index (χ0) is 9.68. The molecule has 1 aromatic heterocycles. The molecule has 0 aromatic carbocycles. The van der Waals surface area contributed by atoms with Gasteiger partial charge in [-0.15, -0.1) is 0 Å². The summed E-state index contributed by atoms with van der Waals surface area (Å²) in [4.78, 5) is 4.07. The Morgan fingerprint density at radius 3 is 2.92 bits per heavy atom. The first-order valence-corrected chi connectivity index (χ1v) is 4.95. The highest BCUT2D eigenvalue weighted by atomic mass is 79.9. The smallest absolute Gasteiger partial charge is 0.213 e. The van der Waals surface area contributed by atoms with Gasteiger partial charge in [0, 0.05) is 17.8 Å². The molecule has 1 rings (SSSR count). The van der Waals surface area contributed by atoms with E-state index in [-0.39, 0.29) is 0 Å². The molecule has 0 atom stereocenters. The van der Waals surface area contributed by atoms with Crippen molar-refractivity contribution in [3.63, 3.8) is 0 Å². The number of nitrogens with zero attached hydrogens (tertiary/aromatic N) is 1. The van der Waals surface area contributed by atoms with Gasteiger partial charge in [0.15, 0.2) is 0 Å². The number of ether oxygens (including phenoxy) is 1. The van der Waals surface area contributed by atoms with Crippen LogP contribution in [0.5, 0.6) is 5.88 Å². The minimum Gasteiger partial charge on any atom is -0.481 e. The molecule has 3 heteroatoms. The Morgan fingerprint density at radius 2 is 2.38 bits per heavy atom. The monoisotopic (exact) mass is 239 g/mol. The van der Waals surface area contributed by atoms with E-state index < -0.39 is 0 Å². The lowest BCUT2D eigenvalue weighted by molar-refractivity contribution is 0.397. The van der Waals surface area contributed by atoms with Gasteiger partial charge in [0.2, 0.25) is 5.88 Å². The Bertz CT molecular complexity index is 352. The first kappa shape index (κ1) is 10.1. The fourth-order valence-corrected chi connectivity index (χ4v) is 1.04. The van der Waals surface area contributed by atoms with E-state index in [0.717, 1.165) is 11.1 Å². The maximum atomic E-state index is 4.99. The van der Waals surface area contributed by atoms with Gasteiger partial charge in [0.25, 0.3) is 0 Å². The first-order chi connectivity index (χ1) is 6.27. The molecule has 1 aromatic rings. The Labute approximate surface area is 86.5 Å². The molecule has 0 saturated heterocycles. The van der Waals surface area contributed by atoms with E-state index in [1.807, 2.05) is 13.0 Å². The SMILES string of the molecule is COc1cc(C)c(C#CCBr)cn1. The fraction of sp³-hybridized carbons (Fsp3) is 0.300. The summed E-state index contributed by atoms with van der Waals surface area (Å²) in [7, 11) is 1.60. The summed E-state index contributed by atoms with van der Waals surface area (Å²) in [5, 5.41) is 0.679. The second-order valence-electron chi connectivity index (χ2n) is 2.48. The van der Waals surface area contributed by atoms with Crippen molar-refractivity contribution in [2.24, 2.45) is 0 Å². The molecule has 0 radical (unpaired) electrons. The number of aryl methyl sites for hydroxylation is 1. The molecule has 1 heterocycles. The van der Waals surface area contributed by atoms with E-state index in [1.165, 1.54) is 0 Å². The molecular weight excluding hydrogens is 230 g/mol. The van der Waals surface area contributed by atoms with E-state index in [9.17, 15) is 0 Å². The van der Waals surface area contributed by atoms with Crippen LogP contribution in [0.1, 0.15) is 11.1 Å². The van der Waals surface area contributed by atoms with Crippen molar-refractivity contribution in [2.75, 3.05) is 12.4 Å². The predicted molar refractivity (Wildman–Crippen MR) is 56.2 cm³/mol. The Balaban J connectivity index is 2.98. The van der Waals surface area contributed by atoms with Crippen LogP contribution in [-0.4, -0.2) is 17.4 Å². The average molecular weight is 240 g/mol. The number of aromatic nitrogens is 1. The average Bonchev–Trinajstić information content (AvgIpc) is 2.16. The molecule has 0 aliphatic rings. The van der Waals surface area contributed by atoms with Gasteiger partial charge in [0.1, 0.15) is 0 Å². The number of alkyl halides is 1. The third-order valence-electron chi connectivity index (χ3n) is 1.58. The zero-order valence-corrected chi connectivity index (χ0v) is 9.18. The summed E-state index contributed by atoms with van der Waals surface area (Å²) in [6.07, 6.45) is 1.73. The summed E-state index contributed by atoms with van der Waals surface area (Å²) in [5.74, 6) is 6.55. The second kappa shape index (κ2) is 4.88. The van der Waals surface area contributed by atoms with Gasteiger partial charge in [-0.25, -0.2) is 4.98 Å². The lowest BCUT2D eigenvalue weighted by Crippen LogP contribution is -1.90. The van der Waals surface area contributed by atoms with Crippen LogP contribution in [0.4, 0.5) is 0 Å². The molecule has 2 nitrogen and oxygen atoms in total. The van der Waals surface area contributed by atoms with Crippen LogP contribution in [0.15, 0.2) is 12.3 Å². The van der Waals surface area contributed by atoms with Gasteiger partial charge in [-0.2, -0.15) is 0 Å². The number of methoxy groups -OCH3 is 1. The quantitative estimate of drug-likeness (QED) is 0.554. The highest BCUT2D eigenvalue weighted by Gasteiger charge is 1.97. The molecule has 0 fully saturated rings. The van der Waals surface area contributed by atoms with Crippen molar-refractivity contribution in [2.45, 2.75) is 6.92 Å². The van der Waals surface area contributed by atoms with Gasteiger partial charge >= 0.3 is 0 Å². The molecule has 13 heavy (non-hydrogen) atoms. The minimum absolute atomic E-state index is 0.627. The Morgan fingerprint density at radius 1 is 1.62 bits per heavy atom. The molecule has 0 spiro atoms. The topological polar surface area (TPSA) is 22.1 Å². The molecule has 0 N–H and O–H groups in total. The van der Waals surface area contributed by atoms with Gasteiger partial charge < -0.3 is 4.74 Å². The molecule has 0 saturated carbocycles. The number of hydrogen-bond donors (Lipinski definition) is 0. The van der Waals surface area contributed by atoms with E-state index in [2.05, 4.69) is 32.8 Å². The number of pyridine rings is 1. The number of rotatable bonds is 1. The number of halogens is 1. The van der Waals surface area contributed by atoms with Crippen molar-refractivity contribution in [1.82, 2.24) is 4.98 Å². The number of hydrogen-bond acceptors (Lipinski definition) is 2. The minimum atomic E-state index is 0.627. The lowest BCUT2D eigenvalue weighted by atomic mass is 10.2. The van der Waals surface area contributed by atoms with Crippen LogP contribution in [-0.2, 0) is 0 Å². The summed E-state index contributed by atoms with van der Waals surface area (Å²) >= 11 is 3.24. The van der Waals surface area contributed by atoms with E-state index in [4.69, 9.17) is 4.74 Å². The summed E-state index contributed by atoms with van der Waals surface area (Å²) < 4.78 is 4.99. The Hall–Kier alpha value is -1.01. The van der Waals surface area contributed by atoms with Gasteiger partial charge in [0.05, 0.1) is 12.4 Å². The van der Waals surface area contributed by atoms with Crippen molar-refractivity contribution < 1.29 is 4.74 Å². The standard InChI is InChI=1S/C10H10BrNO/c1-8-6-10(13-2)12-7-9(8)4-3-5-11/h6-7H,5H2,1-2H3. The highest BCUT2D eigenvalue weighted by Crippen LogP contribution is 2.11. The molecule has 68 valence electrons. The second-order valence-corrected chi connectivity index (χ2v) is 3.04. The largest absolute Gasteiger partial charge is 0.481 e. The molecule has 0 bridgehead atoms. The maximum absolute atomic E-state index is 4.99. The fourth-order valence-electron chi connectivity index (χ4n) is 0.901. The van der Waals surface area contributed by atoms with Crippen molar-refractivity contribution >= 4 is 15.9 Å². The third-order valence-corrected chi connectivity index (χ3v) is 1.87.